The molecule has 0 amide bonds. The zero-order chi connectivity index (χ0) is 23.9. The van der Waals surface area contributed by atoms with E-state index in [4.69, 9.17) is 32.9 Å². The summed E-state index contributed by atoms with van der Waals surface area (Å²) in [5.41, 5.74) is 3.45. The van der Waals surface area contributed by atoms with Crippen molar-refractivity contribution in [2.45, 2.75) is 37.2 Å². The number of thiazole rings is 1. The Morgan fingerprint density at radius 2 is 2.03 bits per heavy atom. The number of hydrogen-bond donors (Lipinski definition) is 0. The predicted octanol–water partition coefficient (Wildman–Crippen LogP) is 7.51. The average Bonchev–Trinajstić information content (AvgIpc) is 3.44. The van der Waals surface area contributed by atoms with Gasteiger partial charge in [0, 0.05) is 34.7 Å². The molecule has 0 radical (unpaired) electrons. The Morgan fingerprint density at radius 3 is 2.82 bits per heavy atom. The van der Waals surface area contributed by atoms with Crippen molar-refractivity contribution in [3.05, 3.63) is 87.6 Å². The van der Waals surface area contributed by atoms with Crippen molar-refractivity contribution in [2.75, 3.05) is 6.61 Å². The molecule has 0 fully saturated rings. The Morgan fingerprint density at radius 1 is 1.18 bits per heavy atom. The molecule has 5 nitrogen and oxygen atoms in total. The Balaban J connectivity index is 1.35. The van der Waals surface area contributed by atoms with Gasteiger partial charge in [-0.3, -0.25) is 0 Å². The van der Waals surface area contributed by atoms with Gasteiger partial charge in [0.2, 0.25) is 0 Å². The molecule has 0 saturated carbocycles. The van der Waals surface area contributed by atoms with E-state index in [0.717, 1.165) is 40.3 Å². The number of benzene rings is 2. The van der Waals surface area contributed by atoms with Crippen LogP contribution in [0.15, 0.2) is 65.7 Å². The standard InChI is InChI=1S/C25H24Cl2N4OS2/c1-3-12-31-23(9-6-13-32-22-11-10-18(26)14-21(22)27)29-30-25(31)34-16-19-15-33-24(28-19)20-8-5-4-7-17(20)2/h3-5,7-8,10-11,14-15H,1,6,9,12-13,16H2,2H3. The molecule has 0 bridgehead atoms. The van der Waals surface area contributed by atoms with Crippen molar-refractivity contribution < 1.29 is 4.74 Å². The normalized spacial score (nSPS) is 11.0. The number of halogens is 2. The number of ether oxygens (including phenoxy) is 1. The second-order valence-corrected chi connectivity index (χ2v) is 10.2. The van der Waals surface area contributed by atoms with Gasteiger partial charge in [-0.15, -0.1) is 28.1 Å². The van der Waals surface area contributed by atoms with Crippen LogP contribution in [0.5, 0.6) is 5.75 Å². The fraction of sp³-hybridized carbons (Fsp3) is 0.240. The van der Waals surface area contributed by atoms with Crippen LogP contribution >= 0.6 is 46.3 Å². The molecule has 4 rings (SSSR count). The average molecular weight is 532 g/mol. The number of rotatable bonds is 11. The van der Waals surface area contributed by atoms with E-state index in [1.54, 1.807) is 41.3 Å². The maximum Gasteiger partial charge on any atom is 0.191 e. The van der Waals surface area contributed by atoms with Gasteiger partial charge >= 0.3 is 0 Å². The van der Waals surface area contributed by atoms with Crippen molar-refractivity contribution in [2.24, 2.45) is 0 Å². The zero-order valence-corrected chi connectivity index (χ0v) is 21.9. The molecule has 2 aromatic heterocycles. The Bertz CT molecular complexity index is 1270. The fourth-order valence-corrected chi connectivity index (χ4v) is 5.71. The van der Waals surface area contributed by atoms with E-state index in [1.165, 1.54) is 11.1 Å². The van der Waals surface area contributed by atoms with E-state index in [0.29, 0.717) is 28.9 Å². The van der Waals surface area contributed by atoms with Crippen LogP contribution in [-0.4, -0.2) is 26.4 Å². The van der Waals surface area contributed by atoms with Crippen LogP contribution in [-0.2, 0) is 18.7 Å². The van der Waals surface area contributed by atoms with Gasteiger partial charge < -0.3 is 9.30 Å². The second-order valence-electron chi connectivity index (χ2n) is 7.57. The van der Waals surface area contributed by atoms with Gasteiger partial charge in [-0.1, -0.05) is 65.3 Å². The molecule has 0 atom stereocenters. The summed E-state index contributed by atoms with van der Waals surface area (Å²) in [4.78, 5) is 4.83. The van der Waals surface area contributed by atoms with Gasteiger partial charge in [0.25, 0.3) is 0 Å². The van der Waals surface area contributed by atoms with Gasteiger partial charge in [0.1, 0.15) is 16.6 Å². The van der Waals surface area contributed by atoms with E-state index < -0.39 is 0 Å². The lowest BCUT2D eigenvalue weighted by atomic mass is 10.1. The zero-order valence-electron chi connectivity index (χ0n) is 18.7. The highest BCUT2D eigenvalue weighted by molar-refractivity contribution is 7.98. The van der Waals surface area contributed by atoms with Crippen molar-refractivity contribution in [3.63, 3.8) is 0 Å². The molecule has 2 aromatic carbocycles. The van der Waals surface area contributed by atoms with Crippen LogP contribution in [0.3, 0.4) is 0 Å². The summed E-state index contributed by atoms with van der Waals surface area (Å²) in [5.74, 6) is 2.27. The molecular weight excluding hydrogens is 507 g/mol. The molecule has 176 valence electrons. The van der Waals surface area contributed by atoms with Crippen LogP contribution in [0.2, 0.25) is 10.0 Å². The van der Waals surface area contributed by atoms with E-state index in [2.05, 4.69) is 45.8 Å². The maximum atomic E-state index is 6.17. The summed E-state index contributed by atoms with van der Waals surface area (Å²) in [6.07, 6.45) is 3.38. The molecule has 0 saturated heterocycles. The molecule has 4 aromatic rings. The number of aromatic nitrogens is 4. The van der Waals surface area contributed by atoms with Gasteiger partial charge in [-0.25, -0.2) is 4.98 Å². The first-order valence-electron chi connectivity index (χ1n) is 10.8. The van der Waals surface area contributed by atoms with E-state index in [9.17, 15) is 0 Å². The molecule has 0 aliphatic rings. The minimum Gasteiger partial charge on any atom is -0.492 e. The lowest BCUT2D eigenvalue weighted by Crippen LogP contribution is -2.07. The third-order valence-corrected chi connectivity index (χ3v) is 7.53. The first-order valence-corrected chi connectivity index (χ1v) is 13.4. The topological polar surface area (TPSA) is 52.8 Å². The third-order valence-electron chi connectivity index (χ3n) is 5.08. The number of allylic oxidation sites excluding steroid dienone is 1. The Labute approximate surface area is 217 Å². The van der Waals surface area contributed by atoms with Gasteiger partial charge in [0.05, 0.1) is 17.3 Å². The summed E-state index contributed by atoms with van der Waals surface area (Å²) in [7, 11) is 0. The summed E-state index contributed by atoms with van der Waals surface area (Å²) in [6.45, 7) is 7.17. The smallest absolute Gasteiger partial charge is 0.191 e. The third kappa shape index (κ3) is 6.21. The van der Waals surface area contributed by atoms with Crippen molar-refractivity contribution in [1.29, 1.82) is 0 Å². The van der Waals surface area contributed by atoms with Gasteiger partial charge in [-0.2, -0.15) is 0 Å². The lowest BCUT2D eigenvalue weighted by Gasteiger charge is -2.09. The minimum absolute atomic E-state index is 0.508. The SMILES string of the molecule is C=CCn1c(CCCOc2ccc(Cl)cc2Cl)nnc1SCc1csc(-c2ccccc2C)n1. The first-order chi connectivity index (χ1) is 16.5. The highest BCUT2D eigenvalue weighted by Gasteiger charge is 2.14. The first kappa shape index (κ1) is 24.8. The summed E-state index contributed by atoms with van der Waals surface area (Å²) in [6, 6.07) is 13.5. The van der Waals surface area contributed by atoms with Crippen LogP contribution in [0.25, 0.3) is 10.6 Å². The lowest BCUT2D eigenvalue weighted by molar-refractivity contribution is 0.309. The summed E-state index contributed by atoms with van der Waals surface area (Å²) < 4.78 is 7.89. The summed E-state index contributed by atoms with van der Waals surface area (Å²) in [5, 5.41) is 13.9. The molecule has 2 heterocycles. The van der Waals surface area contributed by atoms with E-state index in [-0.39, 0.29) is 0 Å². The Kier molecular flexibility index (Phi) is 8.67. The fourth-order valence-electron chi connectivity index (χ4n) is 3.38. The molecule has 0 aliphatic heterocycles. The molecule has 0 spiro atoms. The molecule has 0 aliphatic carbocycles. The predicted molar refractivity (Wildman–Crippen MR) is 142 cm³/mol. The number of hydrogen-bond acceptors (Lipinski definition) is 6. The largest absolute Gasteiger partial charge is 0.492 e. The highest BCUT2D eigenvalue weighted by Crippen LogP contribution is 2.30. The number of aryl methyl sites for hydroxylation is 2. The van der Waals surface area contributed by atoms with Gasteiger partial charge in [0.15, 0.2) is 5.16 Å². The number of thioether (sulfide) groups is 1. The number of nitrogens with zero attached hydrogens (tertiary/aromatic N) is 4. The molecule has 9 heteroatoms. The monoisotopic (exact) mass is 530 g/mol. The quantitative estimate of drug-likeness (QED) is 0.114. The van der Waals surface area contributed by atoms with Crippen LogP contribution < -0.4 is 4.74 Å². The van der Waals surface area contributed by atoms with Crippen molar-refractivity contribution >= 4 is 46.3 Å². The minimum atomic E-state index is 0.508. The van der Waals surface area contributed by atoms with Crippen LogP contribution in [0, 0.1) is 6.92 Å². The van der Waals surface area contributed by atoms with E-state index in [1.807, 2.05) is 18.2 Å². The molecular formula is C25H24Cl2N4OS2. The van der Waals surface area contributed by atoms with Gasteiger partial charge in [-0.05, 0) is 37.1 Å². The van der Waals surface area contributed by atoms with Crippen LogP contribution in [0.1, 0.15) is 23.5 Å². The molecule has 0 unspecified atom stereocenters. The second kappa shape index (κ2) is 11.9. The van der Waals surface area contributed by atoms with Crippen LogP contribution in [0.4, 0.5) is 0 Å². The maximum absolute atomic E-state index is 6.17. The van der Waals surface area contributed by atoms with Crippen molar-refractivity contribution in [1.82, 2.24) is 19.7 Å². The van der Waals surface area contributed by atoms with Crippen molar-refractivity contribution in [3.8, 4) is 16.3 Å². The molecule has 0 N–H and O–H groups in total. The van der Waals surface area contributed by atoms with E-state index >= 15 is 0 Å². The molecule has 34 heavy (non-hydrogen) atoms. The Hall–Kier alpha value is -2.32. The highest BCUT2D eigenvalue weighted by atomic mass is 35.5. The summed E-state index contributed by atoms with van der Waals surface area (Å²) >= 11 is 15.4.